The molecule has 3 atom stereocenters. The Kier molecular flexibility index (Phi) is 4.70. The van der Waals surface area contributed by atoms with Crippen LogP contribution in [0.3, 0.4) is 0 Å². The first-order valence-electron chi connectivity index (χ1n) is 11.5. The Labute approximate surface area is 188 Å². The van der Waals surface area contributed by atoms with Crippen molar-refractivity contribution >= 4 is 16.7 Å². The molecule has 3 aliphatic rings. The van der Waals surface area contributed by atoms with E-state index in [4.69, 9.17) is 4.74 Å². The number of aliphatic hydroxyl groups excluding tert-OH is 1. The lowest BCUT2D eigenvalue weighted by Crippen LogP contribution is -2.35. The van der Waals surface area contributed by atoms with Gasteiger partial charge in [-0.2, -0.15) is 0 Å². The standard InChI is InChI=1S/C27H28N2O3/c1-28-12-21-10-18(6-8-24(21)27(28)31)26-23-5-3-2-4-17(23)7-9-25(26)32-16-22(30)15-29-13-19-11-20(19)14-29/h2-10,19-20,22,30H,11-16H2,1H3/t19-,20+,22?. The van der Waals surface area contributed by atoms with E-state index in [1.54, 1.807) is 4.90 Å². The summed E-state index contributed by atoms with van der Waals surface area (Å²) in [6.45, 7) is 3.79. The molecule has 5 heteroatoms. The number of aliphatic hydroxyl groups is 1. The fourth-order valence-corrected chi connectivity index (χ4v) is 5.47. The molecular formula is C27H28N2O3. The van der Waals surface area contributed by atoms with Gasteiger partial charge in [0.2, 0.25) is 0 Å². The molecule has 0 spiro atoms. The van der Waals surface area contributed by atoms with Crippen molar-refractivity contribution in [1.82, 2.24) is 9.80 Å². The Balaban J connectivity index is 1.30. The van der Waals surface area contributed by atoms with Crippen molar-refractivity contribution < 1.29 is 14.6 Å². The van der Waals surface area contributed by atoms with Gasteiger partial charge >= 0.3 is 0 Å². The van der Waals surface area contributed by atoms with E-state index in [9.17, 15) is 9.90 Å². The van der Waals surface area contributed by atoms with Gasteiger partial charge in [0.25, 0.3) is 5.91 Å². The number of rotatable bonds is 6. The summed E-state index contributed by atoms with van der Waals surface area (Å²) in [5.74, 6) is 2.56. The van der Waals surface area contributed by atoms with Crippen molar-refractivity contribution in [2.75, 3.05) is 33.3 Å². The van der Waals surface area contributed by atoms with Crippen molar-refractivity contribution in [2.24, 2.45) is 11.8 Å². The minimum Gasteiger partial charge on any atom is -0.490 e. The van der Waals surface area contributed by atoms with E-state index >= 15 is 0 Å². The fourth-order valence-electron chi connectivity index (χ4n) is 5.47. The second-order valence-corrected chi connectivity index (χ2v) is 9.63. The van der Waals surface area contributed by atoms with Crippen molar-refractivity contribution in [2.45, 2.75) is 19.1 Å². The Morgan fingerprint density at radius 1 is 1.09 bits per heavy atom. The van der Waals surface area contributed by atoms with Crippen LogP contribution < -0.4 is 4.74 Å². The molecule has 2 fully saturated rings. The zero-order valence-electron chi connectivity index (χ0n) is 18.3. The van der Waals surface area contributed by atoms with E-state index in [1.165, 1.54) is 6.42 Å². The van der Waals surface area contributed by atoms with Crippen LogP contribution in [0.1, 0.15) is 22.3 Å². The number of likely N-dealkylation sites (tertiary alicyclic amines) is 1. The van der Waals surface area contributed by atoms with Crippen LogP contribution in [0.15, 0.2) is 54.6 Å². The van der Waals surface area contributed by atoms with E-state index in [2.05, 4.69) is 29.2 Å². The second-order valence-electron chi connectivity index (χ2n) is 9.63. The lowest BCUT2D eigenvalue weighted by molar-refractivity contribution is 0.0726. The molecule has 1 unspecified atom stereocenters. The largest absolute Gasteiger partial charge is 0.490 e. The van der Waals surface area contributed by atoms with Crippen molar-refractivity contribution in [3.05, 3.63) is 65.7 Å². The van der Waals surface area contributed by atoms with Gasteiger partial charge < -0.3 is 19.6 Å². The molecule has 0 bridgehead atoms. The average Bonchev–Trinajstić information content (AvgIpc) is 3.30. The number of nitrogens with zero attached hydrogens (tertiary/aromatic N) is 2. The van der Waals surface area contributed by atoms with Crippen LogP contribution >= 0.6 is 0 Å². The first kappa shape index (κ1) is 19.8. The molecular weight excluding hydrogens is 400 g/mol. The number of hydrogen-bond donors (Lipinski definition) is 1. The van der Waals surface area contributed by atoms with Gasteiger partial charge in [-0.05, 0) is 58.4 Å². The predicted molar refractivity (Wildman–Crippen MR) is 125 cm³/mol. The summed E-state index contributed by atoms with van der Waals surface area (Å²) in [5.41, 5.74) is 3.87. The predicted octanol–water partition coefficient (Wildman–Crippen LogP) is 3.78. The molecule has 3 aromatic rings. The molecule has 0 radical (unpaired) electrons. The van der Waals surface area contributed by atoms with Crippen molar-refractivity contribution in [1.29, 1.82) is 0 Å². The third kappa shape index (κ3) is 3.46. The van der Waals surface area contributed by atoms with Gasteiger partial charge in [-0.15, -0.1) is 0 Å². The highest BCUT2D eigenvalue weighted by Crippen LogP contribution is 2.45. The van der Waals surface area contributed by atoms with E-state index in [0.29, 0.717) is 13.1 Å². The van der Waals surface area contributed by atoms with Crippen molar-refractivity contribution in [3.63, 3.8) is 0 Å². The molecule has 6 rings (SSSR count). The Morgan fingerprint density at radius 2 is 1.91 bits per heavy atom. The summed E-state index contributed by atoms with van der Waals surface area (Å²) in [7, 11) is 1.83. The fraction of sp³-hybridized carbons (Fsp3) is 0.370. The maximum absolute atomic E-state index is 12.3. The lowest BCUT2D eigenvalue weighted by Gasteiger charge is -2.22. The van der Waals surface area contributed by atoms with E-state index in [1.807, 2.05) is 37.4 Å². The lowest BCUT2D eigenvalue weighted by atomic mass is 9.95. The first-order valence-corrected chi connectivity index (χ1v) is 11.5. The summed E-state index contributed by atoms with van der Waals surface area (Å²) in [5, 5.41) is 12.9. The number of piperidine rings is 1. The Hall–Kier alpha value is -2.89. The highest BCUT2D eigenvalue weighted by Gasteiger charge is 2.45. The number of fused-ring (bicyclic) bond motifs is 3. The summed E-state index contributed by atoms with van der Waals surface area (Å²) in [4.78, 5) is 16.4. The molecule has 2 heterocycles. The average molecular weight is 429 g/mol. The SMILES string of the molecule is CN1Cc2cc(-c3c(OCC(O)CN4C[C@H]5C[C@H]5C4)ccc4ccccc34)ccc2C1=O. The van der Waals surface area contributed by atoms with Gasteiger partial charge in [0, 0.05) is 44.4 Å². The van der Waals surface area contributed by atoms with E-state index < -0.39 is 6.10 Å². The van der Waals surface area contributed by atoms with Crippen LogP contribution in [0.5, 0.6) is 5.75 Å². The summed E-state index contributed by atoms with van der Waals surface area (Å²) in [6.07, 6.45) is 0.851. The molecule has 3 aromatic carbocycles. The molecule has 1 amide bonds. The van der Waals surface area contributed by atoms with E-state index in [0.717, 1.165) is 63.7 Å². The third-order valence-electron chi connectivity index (χ3n) is 7.22. The number of carbonyl (C=O) groups excluding carboxylic acids is 1. The van der Waals surface area contributed by atoms with Crippen LogP contribution in [-0.2, 0) is 6.54 Å². The molecule has 1 aliphatic carbocycles. The minimum atomic E-state index is -0.516. The third-order valence-corrected chi connectivity index (χ3v) is 7.22. The Morgan fingerprint density at radius 3 is 2.75 bits per heavy atom. The Bertz CT molecular complexity index is 1200. The van der Waals surface area contributed by atoms with Crippen LogP contribution in [0.25, 0.3) is 21.9 Å². The summed E-state index contributed by atoms with van der Waals surface area (Å²) >= 11 is 0. The zero-order chi connectivity index (χ0) is 21.8. The highest BCUT2D eigenvalue weighted by atomic mass is 16.5. The van der Waals surface area contributed by atoms with E-state index in [-0.39, 0.29) is 12.5 Å². The van der Waals surface area contributed by atoms with Crippen LogP contribution in [0, 0.1) is 11.8 Å². The van der Waals surface area contributed by atoms with Gasteiger partial charge in [-0.1, -0.05) is 36.4 Å². The molecule has 2 aliphatic heterocycles. The number of β-amino-alcohol motifs (C(OH)–C–C–N with tert-alkyl or cyclic N) is 1. The summed E-state index contributed by atoms with van der Waals surface area (Å²) < 4.78 is 6.22. The number of amides is 1. The first-order chi connectivity index (χ1) is 15.6. The van der Waals surface area contributed by atoms with Crippen molar-refractivity contribution in [3.8, 4) is 16.9 Å². The van der Waals surface area contributed by atoms with Gasteiger partial charge in [-0.25, -0.2) is 0 Å². The smallest absolute Gasteiger partial charge is 0.254 e. The second kappa shape index (κ2) is 7.61. The molecule has 1 saturated heterocycles. The number of hydrogen-bond acceptors (Lipinski definition) is 4. The van der Waals surface area contributed by atoms with Gasteiger partial charge in [0.05, 0.1) is 0 Å². The number of ether oxygens (including phenoxy) is 1. The van der Waals surface area contributed by atoms with Crippen LogP contribution in [0.2, 0.25) is 0 Å². The highest BCUT2D eigenvalue weighted by molar-refractivity contribution is 6.02. The topological polar surface area (TPSA) is 53.0 Å². The zero-order valence-corrected chi connectivity index (χ0v) is 18.3. The quantitative estimate of drug-likeness (QED) is 0.649. The molecule has 164 valence electrons. The molecule has 1 saturated carbocycles. The number of benzene rings is 3. The summed E-state index contributed by atoms with van der Waals surface area (Å²) in [6, 6.07) is 18.4. The normalized spacial score (nSPS) is 22.8. The van der Waals surface area contributed by atoms with Gasteiger partial charge in [-0.3, -0.25) is 4.79 Å². The van der Waals surface area contributed by atoms with Crippen LogP contribution in [0.4, 0.5) is 0 Å². The molecule has 0 aromatic heterocycles. The maximum Gasteiger partial charge on any atom is 0.254 e. The van der Waals surface area contributed by atoms with Gasteiger partial charge in [0.1, 0.15) is 18.5 Å². The number of carbonyl (C=O) groups is 1. The monoisotopic (exact) mass is 428 g/mol. The molecule has 32 heavy (non-hydrogen) atoms. The maximum atomic E-state index is 12.3. The van der Waals surface area contributed by atoms with Crippen LogP contribution in [-0.4, -0.2) is 60.2 Å². The molecule has 1 N–H and O–H groups in total. The van der Waals surface area contributed by atoms with Gasteiger partial charge in [0.15, 0.2) is 0 Å². The molecule has 5 nitrogen and oxygen atoms in total. The minimum absolute atomic E-state index is 0.0728.